The van der Waals surface area contributed by atoms with Crippen LogP contribution in [0.5, 0.6) is 0 Å². The molecule has 1 amide bonds. The summed E-state index contributed by atoms with van der Waals surface area (Å²) in [6, 6.07) is 0. The number of hydrogen-bond donors (Lipinski definition) is 1. The first-order valence-corrected chi connectivity index (χ1v) is 5.57. The van der Waals surface area contributed by atoms with E-state index >= 15 is 0 Å². The Morgan fingerprint density at radius 2 is 2.50 bits per heavy atom. The Labute approximate surface area is 91.8 Å². The number of imidazole rings is 1. The zero-order valence-corrected chi connectivity index (χ0v) is 9.91. The molecule has 1 rings (SSSR count). The Bertz CT molecular complexity index is 311. The summed E-state index contributed by atoms with van der Waals surface area (Å²) in [5, 5.41) is 3.70. The summed E-state index contributed by atoms with van der Waals surface area (Å²) in [4.78, 5) is 15.4. The van der Waals surface area contributed by atoms with Gasteiger partial charge in [0.1, 0.15) is 5.69 Å². The summed E-state index contributed by atoms with van der Waals surface area (Å²) in [7, 11) is 1.84. The van der Waals surface area contributed by atoms with Crippen LogP contribution in [0.1, 0.15) is 17.4 Å². The van der Waals surface area contributed by atoms with E-state index < -0.39 is 0 Å². The van der Waals surface area contributed by atoms with Crippen LogP contribution in [0.2, 0.25) is 0 Å². The van der Waals surface area contributed by atoms with E-state index in [4.69, 9.17) is 0 Å². The molecule has 4 nitrogen and oxygen atoms in total. The molecule has 0 aromatic carbocycles. The minimum absolute atomic E-state index is 0.113. The van der Waals surface area contributed by atoms with Crippen molar-refractivity contribution in [1.82, 2.24) is 14.9 Å². The Balaban J connectivity index is 2.43. The minimum Gasteiger partial charge on any atom is -0.350 e. The fourth-order valence-electron chi connectivity index (χ4n) is 0.942. The van der Waals surface area contributed by atoms with Gasteiger partial charge in [0, 0.05) is 25.1 Å². The maximum absolute atomic E-state index is 11.5. The third-order valence-electron chi connectivity index (χ3n) is 1.81. The lowest BCUT2D eigenvalue weighted by Gasteiger charge is -2.07. The highest BCUT2D eigenvalue weighted by molar-refractivity contribution is 9.09. The summed E-state index contributed by atoms with van der Waals surface area (Å²) in [5.41, 5.74) is 0.467. The van der Waals surface area contributed by atoms with Gasteiger partial charge in [-0.1, -0.05) is 22.9 Å². The quantitative estimate of drug-likeness (QED) is 0.826. The molecule has 0 aliphatic rings. The highest BCUT2D eigenvalue weighted by atomic mass is 79.9. The van der Waals surface area contributed by atoms with Crippen molar-refractivity contribution in [1.29, 1.82) is 0 Å². The molecule has 78 valence electrons. The summed E-state index contributed by atoms with van der Waals surface area (Å²) in [5.74, 6) is 0.320. The molecule has 0 spiro atoms. The molecule has 1 N–H and O–H groups in total. The maximum Gasteiger partial charge on any atom is 0.271 e. The van der Waals surface area contributed by atoms with Gasteiger partial charge < -0.3 is 9.88 Å². The van der Waals surface area contributed by atoms with Crippen LogP contribution in [-0.4, -0.2) is 27.3 Å². The largest absolute Gasteiger partial charge is 0.350 e. The summed E-state index contributed by atoms with van der Waals surface area (Å²) in [6.45, 7) is 2.73. The molecule has 0 bridgehead atoms. The van der Waals surface area contributed by atoms with Crippen molar-refractivity contribution >= 4 is 21.8 Å². The van der Waals surface area contributed by atoms with Gasteiger partial charge in [-0.15, -0.1) is 0 Å². The van der Waals surface area contributed by atoms with Gasteiger partial charge in [-0.05, 0) is 5.92 Å². The highest BCUT2D eigenvalue weighted by Gasteiger charge is 2.09. The normalized spacial score (nSPS) is 12.5. The van der Waals surface area contributed by atoms with Crippen LogP contribution >= 0.6 is 15.9 Å². The number of hydrogen-bond acceptors (Lipinski definition) is 2. The van der Waals surface area contributed by atoms with Gasteiger partial charge in [-0.2, -0.15) is 0 Å². The number of aryl methyl sites for hydroxylation is 1. The van der Waals surface area contributed by atoms with Gasteiger partial charge >= 0.3 is 0 Å². The number of amides is 1. The fraction of sp³-hybridized carbons (Fsp3) is 0.556. The van der Waals surface area contributed by atoms with Crippen molar-refractivity contribution < 1.29 is 4.79 Å². The van der Waals surface area contributed by atoms with Crippen LogP contribution in [-0.2, 0) is 7.05 Å². The maximum atomic E-state index is 11.5. The lowest BCUT2D eigenvalue weighted by molar-refractivity contribution is 0.0945. The van der Waals surface area contributed by atoms with E-state index in [1.54, 1.807) is 17.1 Å². The van der Waals surface area contributed by atoms with E-state index in [0.29, 0.717) is 18.2 Å². The van der Waals surface area contributed by atoms with Crippen molar-refractivity contribution in [2.75, 3.05) is 11.9 Å². The number of carbonyl (C=O) groups is 1. The molecule has 0 aliphatic carbocycles. The summed E-state index contributed by atoms with van der Waals surface area (Å²) in [6.07, 6.45) is 3.32. The molecular formula is C9H14BrN3O. The van der Waals surface area contributed by atoms with E-state index in [0.717, 1.165) is 5.33 Å². The Hall–Kier alpha value is -0.840. The molecule has 1 heterocycles. The Kier molecular flexibility index (Phi) is 4.13. The summed E-state index contributed by atoms with van der Waals surface area (Å²) >= 11 is 3.35. The van der Waals surface area contributed by atoms with Crippen molar-refractivity contribution in [3.63, 3.8) is 0 Å². The molecule has 1 aromatic rings. The zero-order chi connectivity index (χ0) is 10.6. The van der Waals surface area contributed by atoms with Crippen LogP contribution < -0.4 is 5.32 Å². The second-order valence-electron chi connectivity index (χ2n) is 3.39. The number of rotatable bonds is 4. The number of nitrogens with one attached hydrogen (secondary N) is 1. The smallest absolute Gasteiger partial charge is 0.271 e. The van der Waals surface area contributed by atoms with Crippen molar-refractivity contribution in [3.05, 3.63) is 18.2 Å². The first-order valence-electron chi connectivity index (χ1n) is 4.45. The second kappa shape index (κ2) is 5.14. The van der Waals surface area contributed by atoms with E-state index in [9.17, 15) is 4.79 Å². The molecular weight excluding hydrogens is 246 g/mol. The van der Waals surface area contributed by atoms with E-state index in [-0.39, 0.29) is 5.91 Å². The number of aromatic nitrogens is 2. The average molecular weight is 260 g/mol. The molecule has 14 heavy (non-hydrogen) atoms. The van der Waals surface area contributed by atoms with Gasteiger partial charge in [-0.25, -0.2) is 4.98 Å². The molecule has 1 aromatic heterocycles. The van der Waals surface area contributed by atoms with Crippen LogP contribution in [0.4, 0.5) is 0 Å². The minimum atomic E-state index is -0.113. The molecule has 1 unspecified atom stereocenters. The lowest BCUT2D eigenvalue weighted by atomic mass is 10.2. The topological polar surface area (TPSA) is 46.9 Å². The SMILES string of the molecule is CC(CBr)CNC(=O)c1cn(C)cn1. The molecule has 0 aliphatic heterocycles. The predicted molar refractivity (Wildman–Crippen MR) is 58.5 cm³/mol. The van der Waals surface area contributed by atoms with Crippen LogP contribution in [0, 0.1) is 5.92 Å². The van der Waals surface area contributed by atoms with Gasteiger partial charge in [0.05, 0.1) is 6.33 Å². The standard InChI is InChI=1S/C9H14BrN3O/c1-7(3-10)4-11-9(14)8-5-13(2)6-12-8/h5-7H,3-4H2,1-2H3,(H,11,14). The first kappa shape index (κ1) is 11.2. The summed E-state index contributed by atoms with van der Waals surface area (Å²) < 4.78 is 1.75. The number of nitrogens with zero attached hydrogens (tertiary/aromatic N) is 2. The van der Waals surface area contributed by atoms with Crippen molar-refractivity contribution in [2.24, 2.45) is 13.0 Å². The number of carbonyl (C=O) groups excluding carboxylic acids is 1. The first-order chi connectivity index (χ1) is 6.63. The Morgan fingerprint density at radius 3 is 3.00 bits per heavy atom. The van der Waals surface area contributed by atoms with E-state index in [1.165, 1.54) is 0 Å². The third-order valence-corrected chi connectivity index (χ3v) is 2.92. The molecule has 0 radical (unpaired) electrons. The predicted octanol–water partition coefficient (Wildman–Crippen LogP) is 1.18. The van der Waals surface area contributed by atoms with Gasteiger partial charge in [0.15, 0.2) is 0 Å². The molecule has 0 fully saturated rings. The van der Waals surface area contributed by atoms with Crippen molar-refractivity contribution in [2.45, 2.75) is 6.92 Å². The lowest BCUT2D eigenvalue weighted by Crippen LogP contribution is -2.29. The second-order valence-corrected chi connectivity index (χ2v) is 4.04. The average Bonchev–Trinajstić information content (AvgIpc) is 2.60. The van der Waals surface area contributed by atoms with Crippen LogP contribution in [0.25, 0.3) is 0 Å². The number of halogens is 1. The molecule has 1 atom stereocenters. The van der Waals surface area contributed by atoms with Gasteiger partial charge in [0.25, 0.3) is 5.91 Å². The molecule has 0 saturated heterocycles. The van der Waals surface area contributed by atoms with Gasteiger partial charge in [0.2, 0.25) is 0 Å². The highest BCUT2D eigenvalue weighted by Crippen LogP contribution is 1.99. The van der Waals surface area contributed by atoms with E-state index in [1.807, 2.05) is 7.05 Å². The van der Waals surface area contributed by atoms with Gasteiger partial charge in [-0.3, -0.25) is 4.79 Å². The van der Waals surface area contributed by atoms with Crippen molar-refractivity contribution in [3.8, 4) is 0 Å². The molecule has 5 heteroatoms. The molecule has 0 saturated carbocycles. The Morgan fingerprint density at radius 1 is 1.79 bits per heavy atom. The monoisotopic (exact) mass is 259 g/mol. The van der Waals surface area contributed by atoms with Crippen LogP contribution in [0.15, 0.2) is 12.5 Å². The number of alkyl halides is 1. The fourth-order valence-corrected chi connectivity index (χ4v) is 1.17. The van der Waals surface area contributed by atoms with Crippen LogP contribution in [0.3, 0.4) is 0 Å². The third kappa shape index (κ3) is 3.14. The van der Waals surface area contributed by atoms with E-state index in [2.05, 4.69) is 33.2 Å². The zero-order valence-electron chi connectivity index (χ0n) is 8.33.